The Balaban J connectivity index is 2.02. The fraction of sp³-hybridized carbons (Fsp3) is 0.759. The van der Waals surface area contributed by atoms with E-state index in [0.717, 1.165) is 89.9 Å². The Kier molecular flexibility index (Phi) is 40.5. The predicted octanol–water partition coefficient (Wildman–Crippen LogP) is 11.7. The molecule has 1 heterocycles. The van der Waals surface area contributed by atoms with E-state index in [4.69, 9.17) is 9.47 Å². The molecule has 1 aliphatic heterocycles. The molecule has 9 heteroatoms. The van der Waals surface area contributed by atoms with Crippen molar-refractivity contribution in [1.82, 2.24) is 5.32 Å². The number of rotatable bonds is 42. The molecule has 7 atom stereocenters. The van der Waals surface area contributed by atoms with Crippen LogP contribution in [0.3, 0.4) is 0 Å². The first-order valence-electron chi connectivity index (χ1n) is 25.6. The van der Waals surface area contributed by atoms with E-state index in [2.05, 4.69) is 92.1 Å². The fourth-order valence-electron chi connectivity index (χ4n) is 7.75. The topological polar surface area (TPSA) is 149 Å². The number of carbonyl (C=O) groups excluding carboxylic acids is 1. The van der Waals surface area contributed by atoms with Crippen molar-refractivity contribution in [3.05, 3.63) is 72.9 Å². The van der Waals surface area contributed by atoms with E-state index >= 15 is 0 Å². The maximum atomic E-state index is 12.9. The molecule has 0 aromatic heterocycles. The summed E-state index contributed by atoms with van der Waals surface area (Å²) in [7, 11) is 0. The summed E-state index contributed by atoms with van der Waals surface area (Å²) in [5, 5.41) is 53.9. The number of aliphatic hydroxyl groups is 5. The highest BCUT2D eigenvalue weighted by molar-refractivity contribution is 5.76. The van der Waals surface area contributed by atoms with Gasteiger partial charge < -0.3 is 40.3 Å². The van der Waals surface area contributed by atoms with Gasteiger partial charge in [-0.2, -0.15) is 0 Å². The van der Waals surface area contributed by atoms with Gasteiger partial charge in [0.1, 0.15) is 24.4 Å². The molecule has 364 valence electrons. The Hall–Kier alpha value is -2.37. The zero-order valence-electron chi connectivity index (χ0n) is 40.1. The minimum absolute atomic E-state index is 0.141. The Labute approximate surface area is 385 Å². The van der Waals surface area contributed by atoms with Gasteiger partial charge in [-0.15, -0.1) is 0 Å². The minimum Gasteiger partial charge on any atom is -0.394 e. The van der Waals surface area contributed by atoms with Gasteiger partial charge in [0.2, 0.25) is 5.91 Å². The summed E-state index contributed by atoms with van der Waals surface area (Å²) in [5.74, 6) is -0.153. The number of amides is 1. The lowest BCUT2D eigenvalue weighted by atomic mass is 9.99. The quantitative estimate of drug-likeness (QED) is 0.0262. The van der Waals surface area contributed by atoms with Crippen molar-refractivity contribution < 1.29 is 39.8 Å². The lowest BCUT2D eigenvalue weighted by Gasteiger charge is -2.40. The number of hydrogen-bond donors (Lipinski definition) is 6. The molecule has 0 aromatic carbocycles. The molecule has 1 saturated heterocycles. The minimum atomic E-state index is -1.55. The van der Waals surface area contributed by atoms with E-state index in [1.165, 1.54) is 89.9 Å². The van der Waals surface area contributed by atoms with Crippen LogP contribution >= 0.6 is 0 Å². The standard InChI is InChI=1S/C54H95NO8/c1-3-5-7-9-10-11-12-13-14-15-16-17-18-19-20-21-22-23-24-25-26-27-28-29-30-31-32-33-34-35-36-37-38-40-42-44-50(58)55-47(48(57)43-41-39-8-6-4-2)46-62-54-53(61)52(60)51(59)49(45-56)63-54/h5,7,10-11,13-14,16-17,19-20,22-23,47-49,51-54,56-57,59-61H,3-4,6,8-9,12,15,18,21,24-46H2,1-2H3,(H,55,58)/b7-5-,11-10-,14-13-,17-16-,20-19-,23-22-. The van der Waals surface area contributed by atoms with Gasteiger partial charge in [0.05, 0.1) is 25.4 Å². The highest BCUT2D eigenvalue weighted by Gasteiger charge is 2.44. The Morgan fingerprint density at radius 3 is 1.46 bits per heavy atom. The van der Waals surface area contributed by atoms with Gasteiger partial charge in [-0.25, -0.2) is 0 Å². The Morgan fingerprint density at radius 2 is 0.984 bits per heavy atom. The molecule has 1 rings (SSSR count). The summed E-state index contributed by atoms with van der Waals surface area (Å²) < 4.78 is 11.2. The molecule has 1 fully saturated rings. The lowest BCUT2D eigenvalue weighted by molar-refractivity contribution is -0.302. The van der Waals surface area contributed by atoms with Crippen LogP contribution in [0.5, 0.6) is 0 Å². The molecule has 7 unspecified atom stereocenters. The third kappa shape index (κ3) is 33.7. The number of nitrogens with one attached hydrogen (secondary N) is 1. The van der Waals surface area contributed by atoms with Crippen molar-refractivity contribution in [2.45, 2.75) is 249 Å². The summed E-state index contributed by atoms with van der Waals surface area (Å²) in [4.78, 5) is 12.9. The zero-order chi connectivity index (χ0) is 45.9. The number of allylic oxidation sites excluding steroid dienone is 12. The van der Waals surface area contributed by atoms with Crippen molar-refractivity contribution >= 4 is 5.91 Å². The highest BCUT2D eigenvalue weighted by atomic mass is 16.7. The maximum Gasteiger partial charge on any atom is 0.220 e. The van der Waals surface area contributed by atoms with Crippen LogP contribution in [0.4, 0.5) is 0 Å². The molecule has 9 nitrogen and oxygen atoms in total. The van der Waals surface area contributed by atoms with E-state index in [0.29, 0.717) is 12.8 Å². The van der Waals surface area contributed by atoms with Crippen LogP contribution in [0.15, 0.2) is 72.9 Å². The number of ether oxygens (including phenoxy) is 2. The molecular weight excluding hydrogens is 791 g/mol. The van der Waals surface area contributed by atoms with Crippen molar-refractivity contribution in [2.24, 2.45) is 0 Å². The second-order valence-electron chi connectivity index (χ2n) is 17.6. The second-order valence-corrected chi connectivity index (χ2v) is 17.6. The van der Waals surface area contributed by atoms with Crippen molar-refractivity contribution in [3.63, 3.8) is 0 Å². The van der Waals surface area contributed by atoms with Crippen molar-refractivity contribution in [3.8, 4) is 0 Å². The number of hydrogen-bond acceptors (Lipinski definition) is 8. The monoisotopic (exact) mass is 886 g/mol. The molecule has 6 N–H and O–H groups in total. The van der Waals surface area contributed by atoms with Crippen LogP contribution in [0.1, 0.15) is 206 Å². The predicted molar refractivity (Wildman–Crippen MR) is 262 cm³/mol. The third-order valence-corrected chi connectivity index (χ3v) is 11.8. The first-order valence-corrected chi connectivity index (χ1v) is 25.6. The average molecular weight is 886 g/mol. The van der Waals surface area contributed by atoms with Crippen LogP contribution in [0.2, 0.25) is 0 Å². The van der Waals surface area contributed by atoms with Crippen molar-refractivity contribution in [1.29, 1.82) is 0 Å². The van der Waals surface area contributed by atoms with E-state index in [1.807, 2.05) is 0 Å². The van der Waals surface area contributed by atoms with Gasteiger partial charge in [0.15, 0.2) is 6.29 Å². The third-order valence-electron chi connectivity index (χ3n) is 11.8. The number of aliphatic hydroxyl groups excluding tert-OH is 5. The van der Waals surface area contributed by atoms with Gasteiger partial charge in [-0.1, -0.05) is 209 Å². The zero-order valence-corrected chi connectivity index (χ0v) is 40.1. The molecule has 0 radical (unpaired) electrons. The lowest BCUT2D eigenvalue weighted by Crippen LogP contribution is -2.60. The average Bonchev–Trinajstić information content (AvgIpc) is 3.28. The fourth-order valence-corrected chi connectivity index (χ4v) is 7.75. The smallest absolute Gasteiger partial charge is 0.220 e. The molecule has 1 aliphatic rings. The molecule has 1 amide bonds. The summed E-state index contributed by atoms with van der Waals surface area (Å²) >= 11 is 0. The number of carbonyl (C=O) groups is 1. The number of unbranched alkanes of at least 4 members (excludes halogenated alkanes) is 20. The molecule has 0 aliphatic carbocycles. The van der Waals surface area contributed by atoms with E-state index < -0.39 is 49.5 Å². The molecule has 0 aromatic rings. The summed E-state index contributed by atoms with van der Waals surface area (Å²) in [6, 6.07) is -0.717. The molecular formula is C54H95NO8. The van der Waals surface area contributed by atoms with Crippen LogP contribution in [-0.2, 0) is 14.3 Å². The largest absolute Gasteiger partial charge is 0.394 e. The summed E-state index contributed by atoms with van der Waals surface area (Å²) in [5.41, 5.74) is 0. The van der Waals surface area contributed by atoms with Crippen LogP contribution < -0.4 is 5.32 Å². The Morgan fingerprint density at radius 1 is 0.556 bits per heavy atom. The van der Waals surface area contributed by atoms with Gasteiger partial charge in [0, 0.05) is 6.42 Å². The summed E-state index contributed by atoms with van der Waals surface area (Å²) in [6.45, 7) is 3.62. The van der Waals surface area contributed by atoms with Crippen molar-refractivity contribution in [2.75, 3.05) is 13.2 Å². The molecule has 0 spiro atoms. The Bertz CT molecular complexity index is 1210. The first kappa shape index (κ1) is 58.6. The first-order chi connectivity index (χ1) is 30.8. The second kappa shape index (κ2) is 43.5. The van der Waals surface area contributed by atoms with Crippen LogP contribution in [-0.4, -0.2) is 87.5 Å². The van der Waals surface area contributed by atoms with E-state index in [1.54, 1.807) is 0 Å². The van der Waals surface area contributed by atoms with Crippen LogP contribution in [0.25, 0.3) is 0 Å². The maximum absolute atomic E-state index is 12.9. The highest BCUT2D eigenvalue weighted by Crippen LogP contribution is 2.23. The molecule has 0 saturated carbocycles. The van der Waals surface area contributed by atoms with E-state index in [9.17, 15) is 30.3 Å². The van der Waals surface area contributed by atoms with Gasteiger partial charge in [-0.05, 0) is 64.2 Å². The van der Waals surface area contributed by atoms with Crippen LogP contribution in [0, 0.1) is 0 Å². The normalized spacial score (nSPS) is 20.8. The molecule has 63 heavy (non-hydrogen) atoms. The SMILES string of the molecule is CC/C=C\C/C=C\C/C=C\C/C=C\C/C=C\C/C=C\CCCCCCCCCCCCCCCCCCC(=O)NC(COC1OC(CO)C(O)C(O)C1O)C(O)CCCCCCC. The van der Waals surface area contributed by atoms with Gasteiger partial charge >= 0.3 is 0 Å². The van der Waals surface area contributed by atoms with Gasteiger partial charge in [0.25, 0.3) is 0 Å². The van der Waals surface area contributed by atoms with E-state index in [-0.39, 0.29) is 12.5 Å². The summed E-state index contributed by atoms with van der Waals surface area (Å²) in [6.07, 6.45) is 52.8. The molecule has 0 bridgehead atoms. The van der Waals surface area contributed by atoms with Gasteiger partial charge in [-0.3, -0.25) is 4.79 Å².